The molecule has 0 saturated carbocycles. The van der Waals surface area contributed by atoms with Crippen molar-refractivity contribution in [3.63, 3.8) is 0 Å². The number of fused-ring (bicyclic) bond motifs is 1. The Hall–Kier alpha value is -4.16. The monoisotopic (exact) mass is 565 g/mol. The summed E-state index contributed by atoms with van der Waals surface area (Å²) in [6.07, 6.45) is 3.02. The Morgan fingerprint density at radius 3 is 2.49 bits per heavy atom. The molecular weight excluding hydrogens is 542 g/mol. The lowest BCUT2D eigenvalue weighted by molar-refractivity contribution is 0.0743. The molecule has 4 aromatic rings. The summed E-state index contributed by atoms with van der Waals surface area (Å²) in [4.78, 5) is 50.7. The number of hydrogen-bond acceptors (Lipinski definition) is 10. The Kier molecular flexibility index (Phi) is 7.15. The van der Waals surface area contributed by atoms with Crippen LogP contribution >= 0.6 is 22.9 Å². The van der Waals surface area contributed by atoms with Crippen LogP contribution in [0, 0.1) is 20.8 Å². The highest BCUT2D eigenvalue weighted by Gasteiger charge is 2.31. The van der Waals surface area contributed by atoms with Crippen molar-refractivity contribution in [3.05, 3.63) is 68.6 Å². The van der Waals surface area contributed by atoms with E-state index in [0.29, 0.717) is 57.9 Å². The van der Waals surface area contributed by atoms with Gasteiger partial charge in [-0.3, -0.25) is 19.9 Å². The molecule has 0 radical (unpaired) electrons. The summed E-state index contributed by atoms with van der Waals surface area (Å²) in [6, 6.07) is 3.44. The molecular formula is C26H24ClN7O4S. The van der Waals surface area contributed by atoms with Gasteiger partial charge < -0.3 is 14.4 Å². The van der Waals surface area contributed by atoms with E-state index >= 15 is 0 Å². The molecule has 5 rings (SSSR count). The topological polar surface area (TPSA) is 132 Å². The quantitative estimate of drug-likeness (QED) is 0.338. The maximum atomic E-state index is 13.3. The van der Waals surface area contributed by atoms with Gasteiger partial charge in [0, 0.05) is 23.0 Å². The summed E-state index contributed by atoms with van der Waals surface area (Å²) in [5, 5.41) is 3.58. The number of aromatic nitrogens is 5. The number of carbonyl (C=O) groups is 2. The first-order valence-corrected chi connectivity index (χ1v) is 13.0. The number of halogens is 1. The van der Waals surface area contributed by atoms with Crippen LogP contribution in [0.3, 0.4) is 0 Å². The van der Waals surface area contributed by atoms with E-state index in [-0.39, 0.29) is 22.7 Å². The summed E-state index contributed by atoms with van der Waals surface area (Å²) >= 11 is 7.46. The second kappa shape index (κ2) is 10.5. The van der Waals surface area contributed by atoms with E-state index in [0.717, 1.165) is 16.3 Å². The standard InChI is InChI=1S/C26H24ClN7O4S/c1-12-6-15(16-7-21(27)29-9-19(16)37-4)17(8-28-12)23(35)33-26-32-18-10-34(11-20(18)39-26)25(36)22-13(2)31-24(38-5)14(3)30-22/h6-9H,10-11H2,1-5H3,(H,32,33,35). The van der Waals surface area contributed by atoms with E-state index in [2.05, 4.69) is 30.2 Å². The van der Waals surface area contributed by atoms with E-state index in [1.807, 2.05) is 6.92 Å². The number of nitrogens with one attached hydrogen (secondary N) is 1. The van der Waals surface area contributed by atoms with Crippen LogP contribution in [-0.4, -0.2) is 55.9 Å². The van der Waals surface area contributed by atoms with Gasteiger partial charge in [0.1, 0.15) is 22.3 Å². The predicted molar refractivity (Wildman–Crippen MR) is 145 cm³/mol. The normalized spacial score (nSPS) is 12.3. The first-order chi connectivity index (χ1) is 18.7. The number of rotatable bonds is 6. The number of nitrogens with zero attached hydrogens (tertiary/aromatic N) is 6. The average Bonchev–Trinajstić information content (AvgIpc) is 3.48. The first-order valence-electron chi connectivity index (χ1n) is 11.8. The van der Waals surface area contributed by atoms with Crippen LogP contribution in [0.5, 0.6) is 11.6 Å². The number of hydrogen-bond donors (Lipinski definition) is 1. The number of ether oxygens (including phenoxy) is 2. The fourth-order valence-corrected chi connectivity index (χ4v) is 5.42. The minimum absolute atomic E-state index is 0.234. The Morgan fingerprint density at radius 2 is 1.77 bits per heavy atom. The van der Waals surface area contributed by atoms with Crippen molar-refractivity contribution < 1.29 is 19.1 Å². The van der Waals surface area contributed by atoms with Crippen molar-refractivity contribution in [1.29, 1.82) is 0 Å². The van der Waals surface area contributed by atoms with Crippen LogP contribution in [0.15, 0.2) is 24.5 Å². The minimum Gasteiger partial charge on any atom is -0.494 e. The molecule has 13 heteroatoms. The van der Waals surface area contributed by atoms with Crippen molar-refractivity contribution in [3.8, 4) is 22.8 Å². The van der Waals surface area contributed by atoms with Crippen LogP contribution in [0.1, 0.15) is 48.5 Å². The number of carbonyl (C=O) groups excluding carboxylic acids is 2. The zero-order valence-corrected chi connectivity index (χ0v) is 23.4. The van der Waals surface area contributed by atoms with E-state index in [4.69, 9.17) is 21.1 Å². The van der Waals surface area contributed by atoms with Gasteiger partial charge in [-0.25, -0.2) is 19.9 Å². The SMILES string of the molecule is COc1cnc(Cl)cc1-c1cc(C)ncc1C(=O)Nc1nc2c(s1)CN(C(=O)c1nc(C)c(OC)nc1C)C2. The Bertz CT molecular complexity index is 1600. The third-order valence-corrected chi connectivity index (χ3v) is 7.39. The van der Waals surface area contributed by atoms with Crippen molar-refractivity contribution in [1.82, 2.24) is 29.8 Å². The predicted octanol–water partition coefficient (Wildman–Crippen LogP) is 4.39. The lowest BCUT2D eigenvalue weighted by Crippen LogP contribution is -2.28. The molecule has 5 heterocycles. The fourth-order valence-electron chi connectivity index (χ4n) is 4.28. The van der Waals surface area contributed by atoms with Crippen molar-refractivity contribution in [2.24, 2.45) is 0 Å². The molecule has 0 atom stereocenters. The average molecular weight is 566 g/mol. The number of amides is 2. The maximum Gasteiger partial charge on any atom is 0.275 e. The van der Waals surface area contributed by atoms with Gasteiger partial charge in [0.05, 0.1) is 55.3 Å². The zero-order valence-electron chi connectivity index (χ0n) is 21.8. The number of pyridine rings is 2. The highest BCUT2D eigenvalue weighted by atomic mass is 35.5. The van der Waals surface area contributed by atoms with E-state index in [1.54, 1.807) is 30.9 Å². The number of aryl methyl sites for hydroxylation is 3. The number of anilines is 1. The van der Waals surface area contributed by atoms with Crippen LogP contribution < -0.4 is 14.8 Å². The van der Waals surface area contributed by atoms with Gasteiger partial charge in [-0.15, -0.1) is 0 Å². The summed E-state index contributed by atoms with van der Waals surface area (Å²) in [7, 11) is 3.04. The van der Waals surface area contributed by atoms with E-state index in [9.17, 15) is 9.59 Å². The molecule has 4 aromatic heterocycles. The molecule has 0 aromatic carbocycles. The van der Waals surface area contributed by atoms with Crippen molar-refractivity contribution in [2.45, 2.75) is 33.9 Å². The molecule has 200 valence electrons. The van der Waals surface area contributed by atoms with Crippen LogP contribution in [0.2, 0.25) is 5.15 Å². The van der Waals surface area contributed by atoms with Gasteiger partial charge >= 0.3 is 0 Å². The summed E-state index contributed by atoms with van der Waals surface area (Å²) in [6.45, 7) is 5.96. The highest BCUT2D eigenvalue weighted by Crippen LogP contribution is 2.35. The number of methoxy groups -OCH3 is 2. The van der Waals surface area contributed by atoms with Gasteiger partial charge in [-0.05, 0) is 32.9 Å². The van der Waals surface area contributed by atoms with E-state index in [1.165, 1.54) is 38.0 Å². The molecule has 0 unspecified atom stereocenters. The van der Waals surface area contributed by atoms with Crippen LogP contribution in [0.25, 0.3) is 11.1 Å². The summed E-state index contributed by atoms with van der Waals surface area (Å²) < 4.78 is 10.6. The fraction of sp³-hybridized carbons (Fsp3) is 0.269. The van der Waals surface area contributed by atoms with E-state index < -0.39 is 0 Å². The lowest BCUT2D eigenvalue weighted by Gasteiger charge is -2.17. The van der Waals surface area contributed by atoms with Gasteiger partial charge in [-0.2, -0.15) is 0 Å². The Morgan fingerprint density at radius 1 is 0.974 bits per heavy atom. The van der Waals surface area contributed by atoms with Crippen LogP contribution in [-0.2, 0) is 13.1 Å². The molecule has 1 aliphatic heterocycles. The minimum atomic E-state index is -0.382. The molecule has 11 nitrogen and oxygen atoms in total. The zero-order chi connectivity index (χ0) is 27.8. The molecule has 1 N–H and O–H groups in total. The van der Waals surface area contributed by atoms with Gasteiger partial charge in [0.2, 0.25) is 5.88 Å². The molecule has 39 heavy (non-hydrogen) atoms. The molecule has 0 fully saturated rings. The van der Waals surface area contributed by atoms with Crippen molar-refractivity contribution in [2.75, 3.05) is 19.5 Å². The smallest absolute Gasteiger partial charge is 0.275 e. The van der Waals surface area contributed by atoms with Gasteiger partial charge in [-0.1, -0.05) is 22.9 Å². The molecule has 2 amide bonds. The first kappa shape index (κ1) is 26.4. The van der Waals surface area contributed by atoms with Crippen molar-refractivity contribution >= 4 is 39.9 Å². The molecule has 0 aliphatic carbocycles. The Balaban J connectivity index is 1.35. The largest absolute Gasteiger partial charge is 0.494 e. The van der Waals surface area contributed by atoms with Crippen LogP contribution in [0.4, 0.5) is 5.13 Å². The second-order valence-corrected chi connectivity index (χ2v) is 10.3. The second-order valence-electron chi connectivity index (χ2n) is 8.84. The van der Waals surface area contributed by atoms with Gasteiger partial charge in [0.15, 0.2) is 5.13 Å². The summed E-state index contributed by atoms with van der Waals surface area (Å²) in [5.41, 5.74) is 4.32. The molecule has 0 saturated heterocycles. The van der Waals surface area contributed by atoms with Gasteiger partial charge in [0.25, 0.3) is 11.8 Å². The maximum absolute atomic E-state index is 13.3. The third-order valence-electron chi connectivity index (χ3n) is 6.19. The molecule has 1 aliphatic rings. The third kappa shape index (κ3) is 5.12. The number of thiazole rings is 1. The summed E-state index contributed by atoms with van der Waals surface area (Å²) in [5.74, 6) is 0.252. The highest BCUT2D eigenvalue weighted by molar-refractivity contribution is 7.16. The lowest BCUT2D eigenvalue weighted by atomic mass is 10.0. The Labute approximate surface area is 233 Å². The molecule has 0 spiro atoms. The molecule has 0 bridgehead atoms.